The Balaban J connectivity index is 1.92. The zero-order valence-corrected chi connectivity index (χ0v) is 10.5. The molecule has 4 nitrogen and oxygen atoms in total. The first-order chi connectivity index (χ1) is 8.84. The van der Waals surface area contributed by atoms with E-state index in [0.717, 1.165) is 30.2 Å². The number of aryl methyl sites for hydroxylation is 1. The third-order valence-electron chi connectivity index (χ3n) is 3.37. The molecule has 3 rings (SSSR count). The van der Waals surface area contributed by atoms with Crippen LogP contribution in [0.1, 0.15) is 30.3 Å². The standard InChI is InChI=1S/C14H16N4/c1-11-9-14(17-10-16-11)18-8-4-6-13(18)12-5-2-3-7-15-12/h2-3,5,7,9-10,13H,4,6,8H2,1H3. The SMILES string of the molecule is Cc1cc(N2CCCC2c2ccccn2)ncn1. The molecule has 4 heteroatoms. The van der Waals surface area contributed by atoms with E-state index in [1.165, 1.54) is 6.42 Å². The van der Waals surface area contributed by atoms with Gasteiger partial charge in [0.2, 0.25) is 0 Å². The number of rotatable bonds is 2. The first-order valence-corrected chi connectivity index (χ1v) is 6.31. The van der Waals surface area contributed by atoms with Crippen molar-refractivity contribution in [2.24, 2.45) is 0 Å². The second kappa shape index (κ2) is 4.72. The van der Waals surface area contributed by atoms with Gasteiger partial charge in [0.1, 0.15) is 12.1 Å². The van der Waals surface area contributed by atoms with Crippen LogP contribution in [0.3, 0.4) is 0 Å². The van der Waals surface area contributed by atoms with Crippen LogP contribution in [0, 0.1) is 6.92 Å². The van der Waals surface area contributed by atoms with E-state index in [-0.39, 0.29) is 0 Å². The Kier molecular flexibility index (Phi) is 2.92. The van der Waals surface area contributed by atoms with Crippen LogP contribution in [0.5, 0.6) is 0 Å². The Bertz CT molecular complexity index is 526. The van der Waals surface area contributed by atoms with E-state index in [2.05, 4.69) is 25.9 Å². The summed E-state index contributed by atoms with van der Waals surface area (Å²) in [7, 11) is 0. The molecule has 2 aromatic heterocycles. The van der Waals surface area contributed by atoms with Gasteiger partial charge in [0, 0.05) is 24.5 Å². The van der Waals surface area contributed by atoms with Gasteiger partial charge in [0.15, 0.2) is 0 Å². The maximum atomic E-state index is 4.47. The van der Waals surface area contributed by atoms with Crippen molar-refractivity contribution in [1.29, 1.82) is 0 Å². The summed E-state index contributed by atoms with van der Waals surface area (Å²) < 4.78 is 0. The lowest BCUT2D eigenvalue weighted by Crippen LogP contribution is -2.24. The highest BCUT2D eigenvalue weighted by Crippen LogP contribution is 2.33. The quantitative estimate of drug-likeness (QED) is 0.809. The van der Waals surface area contributed by atoms with Gasteiger partial charge in [0.05, 0.1) is 11.7 Å². The van der Waals surface area contributed by atoms with Crippen LogP contribution in [0.2, 0.25) is 0 Å². The maximum Gasteiger partial charge on any atom is 0.132 e. The van der Waals surface area contributed by atoms with Crippen LogP contribution in [-0.2, 0) is 0 Å². The smallest absolute Gasteiger partial charge is 0.132 e. The first-order valence-electron chi connectivity index (χ1n) is 6.31. The molecule has 1 fully saturated rings. The highest BCUT2D eigenvalue weighted by molar-refractivity contribution is 5.43. The number of nitrogens with zero attached hydrogens (tertiary/aromatic N) is 4. The number of hydrogen-bond acceptors (Lipinski definition) is 4. The first kappa shape index (κ1) is 11.1. The Hall–Kier alpha value is -1.97. The molecule has 18 heavy (non-hydrogen) atoms. The largest absolute Gasteiger partial charge is 0.348 e. The lowest BCUT2D eigenvalue weighted by atomic mass is 10.1. The van der Waals surface area contributed by atoms with Gasteiger partial charge in [-0.2, -0.15) is 0 Å². The van der Waals surface area contributed by atoms with Crippen molar-refractivity contribution < 1.29 is 0 Å². The van der Waals surface area contributed by atoms with Gasteiger partial charge in [-0.3, -0.25) is 4.98 Å². The number of hydrogen-bond donors (Lipinski definition) is 0. The molecular weight excluding hydrogens is 224 g/mol. The van der Waals surface area contributed by atoms with Gasteiger partial charge >= 0.3 is 0 Å². The topological polar surface area (TPSA) is 41.9 Å². The molecule has 0 radical (unpaired) electrons. The van der Waals surface area contributed by atoms with E-state index in [0.29, 0.717) is 6.04 Å². The fraction of sp³-hybridized carbons (Fsp3) is 0.357. The van der Waals surface area contributed by atoms with Crippen LogP contribution in [0.15, 0.2) is 36.8 Å². The molecular formula is C14H16N4. The average Bonchev–Trinajstić information content (AvgIpc) is 2.89. The maximum absolute atomic E-state index is 4.47. The van der Waals surface area contributed by atoms with Crippen LogP contribution < -0.4 is 4.90 Å². The zero-order chi connectivity index (χ0) is 12.4. The molecule has 1 atom stereocenters. The lowest BCUT2D eigenvalue weighted by Gasteiger charge is -2.25. The Labute approximate surface area is 107 Å². The van der Waals surface area contributed by atoms with Crippen LogP contribution in [0.4, 0.5) is 5.82 Å². The highest BCUT2D eigenvalue weighted by atomic mass is 15.2. The van der Waals surface area contributed by atoms with Gasteiger partial charge in [-0.15, -0.1) is 0 Å². The van der Waals surface area contributed by atoms with Crippen molar-refractivity contribution >= 4 is 5.82 Å². The summed E-state index contributed by atoms with van der Waals surface area (Å²) in [4.78, 5) is 15.3. The highest BCUT2D eigenvalue weighted by Gasteiger charge is 2.27. The summed E-state index contributed by atoms with van der Waals surface area (Å²) >= 11 is 0. The molecule has 0 bridgehead atoms. The van der Waals surface area contributed by atoms with Gasteiger partial charge in [-0.05, 0) is 31.9 Å². The molecule has 92 valence electrons. The molecule has 1 aliphatic rings. The fourth-order valence-corrected chi connectivity index (χ4v) is 2.52. The lowest BCUT2D eigenvalue weighted by molar-refractivity contribution is 0.686. The number of aromatic nitrogens is 3. The Morgan fingerprint density at radius 3 is 2.94 bits per heavy atom. The van der Waals surface area contributed by atoms with E-state index in [1.807, 2.05) is 31.3 Å². The average molecular weight is 240 g/mol. The van der Waals surface area contributed by atoms with E-state index < -0.39 is 0 Å². The summed E-state index contributed by atoms with van der Waals surface area (Å²) in [5, 5.41) is 0. The van der Waals surface area contributed by atoms with Crippen LogP contribution in [0.25, 0.3) is 0 Å². The van der Waals surface area contributed by atoms with Gasteiger partial charge in [0.25, 0.3) is 0 Å². The molecule has 0 aliphatic carbocycles. The molecule has 3 heterocycles. The van der Waals surface area contributed by atoms with Crippen molar-refractivity contribution in [2.75, 3.05) is 11.4 Å². The van der Waals surface area contributed by atoms with E-state index in [4.69, 9.17) is 0 Å². The van der Waals surface area contributed by atoms with Gasteiger partial charge in [-0.1, -0.05) is 6.07 Å². The summed E-state index contributed by atoms with van der Waals surface area (Å²) in [5.41, 5.74) is 2.14. The predicted octanol–water partition coefficient (Wildman–Crippen LogP) is 2.52. The minimum Gasteiger partial charge on any atom is -0.348 e. The minimum absolute atomic E-state index is 0.348. The molecule has 0 spiro atoms. The van der Waals surface area contributed by atoms with Crippen molar-refractivity contribution in [1.82, 2.24) is 15.0 Å². The minimum atomic E-state index is 0.348. The predicted molar refractivity (Wildman–Crippen MR) is 70.3 cm³/mol. The second-order valence-electron chi connectivity index (χ2n) is 4.62. The molecule has 0 saturated carbocycles. The molecule has 1 unspecified atom stereocenters. The zero-order valence-electron chi connectivity index (χ0n) is 10.5. The van der Waals surface area contributed by atoms with E-state index >= 15 is 0 Å². The van der Waals surface area contributed by atoms with E-state index in [1.54, 1.807) is 6.33 Å². The van der Waals surface area contributed by atoms with Gasteiger partial charge in [-0.25, -0.2) is 9.97 Å². The summed E-state index contributed by atoms with van der Waals surface area (Å²) in [6, 6.07) is 8.49. The van der Waals surface area contributed by atoms with Crippen molar-refractivity contribution in [3.8, 4) is 0 Å². The fourth-order valence-electron chi connectivity index (χ4n) is 2.52. The third-order valence-corrected chi connectivity index (χ3v) is 3.37. The molecule has 0 N–H and O–H groups in total. The normalized spacial score (nSPS) is 19.2. The van der Waals surface area contributed by atoms with Crippen LogP contribution in [-0.4, -0.2) is 21.5 Å². The number of pyridine rings is 1. The Morgan fingerprint density at radius 1 is 1.22 bits per heavy atom. The molecule has 1 saturated heterocycles. The molecule has 0 amide bonds. The summed E-state index contributed by atoms with van der Waals surface area (Å²) in [6.07, 6.45) is 5.82. The molecule has 0 aromatic carbocycles. The summed E-state index contributed by atoms with van der Waals surface area (Å²) in [5.74, 6) is 1.01. The molecule has 2 aromatic rings. The van der Waals surface area contributed by atoms with Crippen molar-refractivity contribution in [3.05, 3.63) is 48.2 Å². The molecule has 1 aliphatic heterocycles. The van der Waals surface area contributed by atoms with Crippen molar-refractivity contribution in [2.45, 2.75) is 25.8 Å². The van der Waals surface area contributed by atoms with Crippen LogP contribution >= 0.6 is 0 Å². The monoisotopic (exact) mass is 240 g/mol. The van der Waals surface area contributed by atoms with Crippen molar-refractivity contribution in [3.63, 3.8) is 0 Å². The van der Waals surface area contributed by atoms with E-state index in [9.17, 15) is 0 Å². The summed E-state index contributed by atoms with van der Waals surface area (Å²) in [6.45, 7) is 3.04. The third kappa shape index (κ3) is 2.06. The van der Waals surface area contributed by atoms with Gasteiger partial charge < -0.3 is 4.90 Å². The number of anilines is 1. The Morgan fingerprint density at radius 2 is 2.17 bits per heavy atom. The second-order valence-corrected chi connectivity index (χ2v) is 4.62.